The molecule has 3 N–H and O–H groups in total. The summed E-state index contributed by atoms with van der Waals surface area (Å²) < 4.78 is 5.79. The number of hydrogen-bond acceptors (Lipinski definition) is 4. The molecule has 0 saturated heterocycles. The van der Waals surface area contributed by atoms with Gasteiger partial charge in [0.25, 0.3) is 5.91 Å². The molecular weight excluding hydrogens is 254 g/mol. The standard InChI is InChI=1S/C15H15N3O2/c16-14(19)11-6-3-9-18-15(11)20-12-7-1-4-10-5-2-8-17-13(10)12/h1,3-4,6-7,9,17H,2,5,8H2,(H2,16,19). The Morgan fingerprint density at radius 3 is 3.05 bits per heavy atom. The van der Waals surface area contributed by atoms with Crippen LogP contribution in [0.1, 0.15) is 22.3 Å². The summed E-state index contributed by atoms with van der Waals surface area (Å²) in [4.78, 5) is 15.5. The number of aryl methyl sites for hydroxylation is 1. The fourth-order valence-corrected chi connectivity index (χ4v) is 2.33. The van der Waals surface area contributed by atoms with Gasteiger partial charge in [-0.2, -0.15) is 0 Å². The van der Waals surface area contributed by atoms with Crippen LogP contribution < -0.4 is 15.8 Å². The molecule has 1 aromatic heterocycles. The summed E-state index contributed by atoms with van der Waals surface area (Å²) >= 11 is 0. The van der Waals surface area contributed by atoms with Crippen molar-refractivity contribution in [3.8, 4) is 11.6 Å². The van der Waals surface area contributed by atoms with E-state index >= 15 is 0 Å². The number of para-hydroxylation sites is 1. The number of carbonyl (C=O) groups excluding carboxylic acids is 1. The molecule has 20 heavy (non-hydrogen) atoms. The van der Waals surface area contributed by atoms with Gasteiger partial charge in [0.1, 0.15) is 5.56 Å². The van der Waals surface area contributed by atoms with E-state index < -0.39 is 5.91 Å². The predicted molar refractivity (Wildman–Crippen MR) is 76.1 cm³/mol. The van der Waals surface area contributed by atoms with E-state index in [1.165, 1.54) is 5.56 Å². The fraction of sp³-hybridized carbons (Fsp3) is 0.200. The highest BCUT2D eigenvalue weighted by Crippen LogP contribution is 2.35. The third-order valence-electron chi connectivity index (χ3n) is 3.28. The number of nitrogens with two attached hydrogens (primary N) is 1. The Kier molecular flexibility index (Phi) is 3.25. The summed E-state index contributed by atoms with van der Waals surface area (Å²) in [7, 11) is 0. The highest BCUT2D eigenvalue weighted by Gasteiger charge is 2.16. The van der Waals surface area contributed by atoms with Gasteiger partial charge in [-0.3, -0.25) is 4.79 Å². The number of benzene rings is 1. The van der Waals surface area contributed by atoms with Crippen molar-refractivity contribution in [3.63, 3.8) is 0 Å². The summed E-state index contributed by atoms with van der Waals surface area (Å²) in [6.45, 7) is 0.915. The van der Waals surface area contributed by atoms with Crippen LogP contribution in [0.2, 0.25) is 0 Å². The van der Waals surface area contributed by atoms with Crippen LogP contribution in [0, 0.1) is 0 Å². The number of hydrogen-bond donors (Lipinski definition) is 2. The lowest BCUT2D eigenvalue weighted by atomic mass is 10.0. The lowest BCUT2D eigenvalue weighted by molar-refractivity contribution is 0.0997. The molecule has 5 heteroatoms. The molecule has 3 rings (SSSR count). The molecule has 5 nitrogen and oxygen atoms in total. The number of anilines is 1. The third-order valence-corrected chi connectivity index (χ3v) is 3.28. The van der Waals surface area contributed by atoms with Gasteiger partial charge in [0.2, 0.25) is 5.88 Å². The van der Waals surface area contributed by atoms with Gasteiger partial charge in [0.05, 0.1) is 5.69 Å². The second-order valence-corrected chi connectivity index (χ2v) is 4.64. The number of nitrogens with zero attached hydrogens (tertiary/aromatic N) is 1. The van der Waals surface area contributed by atoms with Gasteiger partial charge in [-0.1, -0.05) is 12.1 Å². The second-order valence-electron chi connectivity index (χ2n) is 4.64. The molecule has 1 aliphatic heterocycles. The maximum absolute atomic E-state index is 11.4. The monoisotopic (exact) mass is 269 g/mol. The number of carbonyl (C=O) groups is 1. The second kappa shape index (κ2) is 5.21. The maximum Gasteiger partial charge on any atom is 0.254 e. The zero-order valence-electron chi connectivity index (χ0n) is 10.9. The molecular formula is C15H15N3O2. The smallest absolute Gasteiger partial charge is 0.254 e. The summed E-state index contributed by atoms with van der Waals surface area (Å²) in [6.07, 6.45) is 3.70. The van der Waals surface area contributed by atoms with Gasteiger partial charge in [0.15, 0.2) is 5.75 Å². The van der Waals surface area contributed by atoms with Gasteiger partial charge < -0.3 is 15.8 Å². The molecule has 0 radical (unpaired) electrons. The van der Waals surface area contributed by atoms with Crippen LogP contribution >= 0.6 is 0 Å². The topological polar surface area (TPSA) is 77.2 Å². The molecule has 2 heterocycles. The highest BCUT2D eigenvalue weighted by atomic mass is 16.5. The Labute approximate surface area is 116 Å². The van der Waals surface area contributed by atoms with E-state index in [4.69, 9.17) is 10.5 Å². The van der Waals surface area contributed by atoms with Crippen LogP contribution in [0.25, 0.3) is 0 Å². The molecule has 0 atom stereocenters. The van der Waals surface area contributed by atoms with Crippen LogP contribution in [0.5, 0.6) is 11.6 Å². The van der Waals surface area contributed by atoms with Crippen molar-refractivity contribution in [2.75, 3.05) is 11.9 Å². The Morgan fingerprint density at radius 2 is 2.20 bits per heavy atom. The van der Waals surface area contributed by atoms with Crippen LogP contribution in [0.15, 0.2) is 36.5 Å². The first-order valence-electron chi connectivity index (χ1n) is 6.54. The molecule has 0 saturated carbocycles. The predicted octanol–water partition coefficient (Wildman–Crippen LogP) is 2.33. The first-order chi connectivity index (χ1) is 9.75. The third kappa shape index (κ3) is 2.30. The largest absolute Gasteiger partial charge is 0.436 e. The van der Waals surface area contributed by atoms with Crippen molar-refractivity contribution >= 4 is 11.6 Å². The molecule has 0 fully saturated rings. The Bertz CT molecular complexity index is 655. The summed E-state index contributed by atoms with van der Waals surface area (Å²) in [5, 5.41) is 3.33. The molecule has 0 bridgehead atoms. The quantitative estimate of drug-likeness (QED) is 0.896. The minimum absolute atomic E-state index is 0.237. The van der Waals surface area contributed by atoms with E-state index in [-0.39, 0.29) is 11.4 Å². The van der Waals surface area contributed by atoms with Crippen molar-refractivity contribution in [3.05, 3.63) is 47.7 Å². The summed E-state index contributed by atoms with van der Waals surface area (Å²) in [5.74, 6) is 0.357. The fourth-order valence-electron chi connectivity index (χ4n) is 2.33. The van der Waals surface area contributed by atoms with E-state index in [1.54, 1.807) is 18.3 Å². The number of primary amides is 1. The minimum Gasteiger partial charge on any atom is -0.436 e. The van der Waals surface area contributed by atoms with Gasteiger partial charge in [-0.15, -0.1) is 0 Å². The van der Waals surface area contributed by atoms with Crippen molar-refractivity contribution in [1.29, 1.82) is 0 Å². The number of amides is 1. The first kappa shape index (κ1) is 12.5. The van der Waals surface area contributed by atoms with E-state index in [0.717, 1.165) is 25.1 Å². The molecule has 1 aromatic carbocycles. The average Bonchev–Trinajstić information content (AvgIpc) is 2.48. The number of pyridine rings is 1. The van der Waals surface area contributed by atoms with Crippen molar-refractivity contribution in [1.82, 2.24) is 4.98 Å². The number of fused-ring (bicyclic) bond motifs is 1. The van der Waals surface area contributed by atoms with E-state index in [0.29, 0.717) is 5.75 Å². The lowest BCUT2D eigenvalue weighted by Crippen LogP contribution is -2.14. The summed E-state index contributed by atoms with van der Waals surface area (Å²) in [5.41, 5.74) is 7.80. The van der Waals surface area contributed by atoms with Crippen LogP contribution in [-0.2, 0) is 6.42 Å². The normalized spacial score (nSPS) is 13.2. The molecule has 0 aliphatic carbocycles. The number of ether oxygens (including phenoxy) is 1. The van der Waals surface area contributed by atoms with Gasteiger partial charge in [-0.05, 0) is 36.6 Å². The molecule has 0 spiro atoms. The van der Waals surface area contributed by atoms with Crippen molar-refractivity contribution in [2.24, 2.45) is 5.73 Å². The van der Waals surface area contributed by atoms with E-state index in [1.807, 2.05) is 12.1 Å². The lowest BCUT2D eigenvalue weighted by Gasteiger charge is -2.21. The molecule has 2 aromatic rings. The van der Waals surface area contributed by atoms with Crippen LogP contribution in [0.4, 0.5) is 5.69 Å². The Balaban J connectivity index is 1.98. The van der Waals surface area contributed by atoms with Crippen molar-refractivity contribution in [2.45, 2.75) is 12.8 Å². The van der Waals surface area contributed by atoms with Crippen LogP contribution in [-0.4, -0.2) is 17.4 Å². The zero-order valence-corrected chi connectivity index (χ0v) is 10.9. The maximum atomic E-state index is 11.4. The van der Waals surface area contributed by atoms with Crippen molar-refractivity contribution < 1.29 is 9.53 Å². The Morgan fingerprint density at radius 1 is 1.30 bits per heavy atom. The number of rotatable bonds is 3. The molecule has 1 aliphatic rings. The van der Waals surface area contributed by atoms with Crippen LogP contribution in [0.3, 0.4) is 0 Å². The SMILES string of the molecule is NC(=O)c1cccnc1Oc1cccc2c1NCCC2. The number of nitrogens with one attached hydrogen (secondary N) is 1. The molecule has 102 valence electrons. The van der Waals surface area contributed by atoms with Gasteiger partial charge in [0, 0.05) is 12.7 Å². The number of aromatic nitrogens is 1. The van der Waals surface area contributed by atoms with E-state index in [2.05, 4.69) is 16.4 Å². The minimum atomic E-state index is -0.550. The van der Waals surface area contributed by atoms with Gasteiger partial charge >= 0.3 is 0 Å². The average molecular weight is 269 g/mol. The Hall–Kier alpha value is -2.56. The molecule has 0 unspecified atom stereocenters. The first-order valence-corrected chi connectivity index (χ1v) is 6.54. The highest BCUT2D eigenvalue weighted by molar-refractivity contribution is 5.95. The van der Waals surface area contributed by atoms with E-state index in [9.17, 15) is 4.79 Å². The zero-order chi connectivity index (χ0) is 13.9. The van der Waals surface area contributed by atoms with Gasteiger partial charge in [-0.25, -0.2) is 4.98 Å². The molecule has 1 amide bonds. The summed E-state index contributed by atoms with van der Waals surface area (Å²) in [6, 6.07) is 9.13.